The second-order valence-electron chi connectivity index (χ2n) is 4.58. The van der Waals surface area contributed by atoms with Crippen LogP contribution in [0.1, 0.15) is 32.8 Å². The van der Waals surface area contributed by atoms with Crippen molar-refractivity contribution in [3.63, 3.8) is 0 Å². The summed E-state index contributed by atoms with van der Waals surface area (Å²) in [6, 6.07) is 8.01. The molecule has 82 valence electrons. The van der Waals surface area contributed by atoms with Gasteiger partial charge in [-0.3, -0.25) is 0 Å². The molecule has 0 atom stereocenters. The summed E-state index contributed by atoms with van der Waals surface area (Å²) in [6.07, 6.45) is 2.96. The van der Waals surface area contributed by atoms with Crippen LogP contribution in [0, 0.1) is 5.41 Å². The topological polar surface area (TPSA) is 9.23 Å². The van der Waals surface area contributed by atoms with Crippen molar-refractivity contribution in [2.75, 3.05) is 6.61 Å². The Morgan fingerprint density at radius 2 is 1.87 bits per heavy atom. The third-order valence-electron chi connectivity index (χ3n) is 2.70. The van der Waals surface area contributed by atoms with Crippen molar-refractivity contribution >= 4 is 6.08 Å². The molecule has 1 aromatic carbocycles. The largest absolute Gasteiger partial charge is 0.493 e. The van der Waals surface area contributed by atoms with E-state index in [9.17, 15) is 0 Å². The van der Waals surface area contributed by atoms with Crippen LogP contribution in [0.15, 0.2) is 30.8 Å². The Morgan fingerprint density at radius 3 is 2.33 bits per heavy atom. The minimum atomic E-state index is 0.247. The van der Waals surface area contributed by atoms with Gasteiger partial charge in [0, 0.05) is 0 Å². The molecule has 0 aliphatic heterocycles. The average Bonchev–Trinajstić information content (AvgIpc) is 2.27. The van der Waals surface area contributed by atoms with E-state index in [0.29, 0.717) is 0 Å². The molecule has 0 amide bonds. The number of hydrogen-bond donors (Lipinski definition) is 0. The van der Waals surface area contributed by atoms with Gasteiger partial charge < -0.3 is 4.74 Å². The average molecular weight is 204 g/mol. The van der Waals surface area contributed by atoms with E-state index in [1.54, 1.807) is 0 Å². The Labute approximate surface area is 92.8 Å². The van der Waals surface area contributed by atoms with Crippen molar-refractivity contribution in [2.45, 2.75) is 27.2 Å². The van der Waals surface area contributed by atoms with E-state index in [2.05, 4.69) is 27.4 Å². The Kier molecular flexibility index (Phi) is 3.96. The van der Waals surface area contributed by atoms with Gasteiger partial charge in [0.25, 0.3) is 0 Å². The first-order valence-electron chi connectivity index (χ1n) is 5.43. The van der Waals surface area contributed by atoms with Crippen LogP contribution in [0.2, 0.25) is 0 Å². The first-order chi connectivity index (χ1) is 7.07. The number of benzene rings is 1. The number of rotatable bonds is 5. The maximum atomic E-state index is 5.73. The Morgan fingerprint density at radius 1 is 1.27 bits per heavy atom. The van der Waals surface area contributed by atoms with E-state index >= 15 is 0 Å². The zero-order chi connectivity index (χ0) is 11.3. The van der Waals surface area contributed by atoms with E-state index < -0.39 is 0 Å². The summed E-state index contributed by atoms with van der Waals surface area (Å²) < 4.78 is 5.73. The predicted molar refractivity (Wildman–Crippen MR) is 66.1 cm³/mol. The Balaban J connectivity index is 2.54. The highest BCUT2D eigenvalue weighted by Crippen LogP contribution is 2.22. The van der Waals surface area contributed by atoms with Crippen LogP contribution in [0.5, 0.6) is 5.75 Å². The lowest BCUT2D eigenvalue weighted by molar-refractivity contribution is 0.175. The Hall–Kier alpha value is -1.24. The quantitative estimate of drug-likeness (QED) is 0.700. The van der Waals surface area contributed by atoms with Gasteiger partial charge in [0.2, 0.25) is 0 Å². The molecule has 0 saturated carbocycles. The van der Waals surface area contributed by atoms with Crippen LogP contribution in [0.4, 0.5) is 0 Å². The zero-order valence-corrected chi connectivity index (χ0v) is 9.92. The van der Waals surface area contributed by atoms with Crippen molar-refractivity contribution in [3.05, 3.63) is 36.4 Å². The van der Waals surface area contributed by atoms with Gasteiger partial charge in [0.05, 0.1) is 6.61 Å². The number of ether oxygens (including phenoxy) is 1. The van der Waals surface area contributed by atoms with Crippen LogP contribution < -0.4 is 4.74 Å². The first-order valence-corrected chi connectivity index (χ1v) is 5.43. The van der Waals surface area contributed by atoms with Gasteiger partial charge in [-0.2, -0.15) is 0 Å². The molecule has 0 unspecified atom stereocenters. The maximum absolute atomic E-state index is 5.73. The van der Waals surface area contributed by atoms with Crippen LogP contribution >= 0.6 is 0 Å². The van der Waals surface area contributed by atoms with Crippen molar-refractivity contribution in [1.82, 2.24) is 0 Å². The summed E-state index contributed by atoms with van der Waals surface area (Å²) in [4.78, 5) is 0. The normalized spacial score (nSPS) is 11.1. The predicted octanol–water partition coefficient (Wildman–Crippen LogP) is 4.14. The minimum absolute atomic E-state index is 0.247. The maximum Gasteiger partial charge on any atom is 0.119 e. The zero-order valence-electron chi connectivity index (χ0n) is 9.92. The minimum Gasteiger partial charge on any atom is -0.493 e. The van der Waals surface area contributed by atoms with Gasteiger partial charge >= 0.3 is 0 Å². The highest BCUT2D eigenvalue weighted by Gasteiger charge is 2.15. The molecule has 0 N–H and O–H groups in total. The summed E-state index contributed by atoms with van der Waals surface area (Å²) in [5.74, 6) is 0.933. The monoisotopic (exact) mass is 204 g/mol. The molecule has 1 rings (SSSR count). The highest BCUT2D eigenvalue weighted by molar-refractivity contribution is 5.48. The summed E-state index contributed by atoms with van der Waals surface area (Å²) in [7, 11) is 0. The van der Waals surface area contributed by atoms with Gasteiger partial charge in [0.15, 0.2) is 0 Å². The van der Waals surface area contributed by atoms with Gasteiger partial charge in [-0.15, -0.1) is 0 Å². The molecular formula is C14H20O. The SMILES string of the molecule is C=Cc1ccc(OCC(C)(C)CC)cc1. The van der Waals surface area contributed by atoms with E-state index in [4.69, 9.17) is 4.74 Å². The molecule has 15 heavy (non-hydrogen) atoms. The van der Waals surface area contributed by atoms with Crippen LogP contribution in [0.3, 0.4) is 0 Å². The Bertz CT molecular complexity index is 309. The van der Waals surface area contributed by atoms with Gasteiger partial charge in [-0.05, 0) is 29.5 Å². The molecule has 0 saturated heterocycles. The number of hydrogen-bond acceptors (Lipinski definition) is 1. The van der Waals surface area contributed by atoms with E-state index in [1.807, 2.05) is 30.3 Å². The molecular weight excluding hydrogens is 184 g/mol. The fourth-order valence-electron chi connectivity index (χ4n) is 1.08. The molecule has 0 bridgehead atoms. The molecule has 0 spiro atoms. The lowest BCUT2D eigenvalue weighted by atomic mass is 9.92. The lowest BCUT2D eigenvalue weighted by Crippen LogP contribution is -2.20. The van der Waals surface area contributed by atoms with Crippen molar-refractivity contribution in [2.24, 2.45) is 5.41 Å². The molecule has 0 heterocycles. The van der Waals surface area contributed by atoms with Crippen LogP contribution in [-0.4, -0.2) is 6.61 Å². The third-order valence-corrected chi connectivity index (χ3v) is 2.70. The van der Waals surface area contributed by atoms with Crippen LogP contribution in [0.25, 0.3) is 6.08 Å². The summed E-state index contributed by atoms with van der Waals surface area (Å²) in [5, 5.41) is 0. The van der Waals surface area contributed by atoms with Crippen molar-refractivity contribution in [1.29, 1.82) is 0 Å². The fraction of sp³-hybridized carbons (Fsp3) is 0.429. The second-order valence-corrected chi connectivity index (χ2v) is 4.58. The molecule has 0 fully saturated rings. The van der Waals surface area contributed by atoms with Gasteiger partial charge in [-0.25, -0.2) is 0 Å². The molecule has 0 aliphatic rings. The van der Waals surface area contributed by atoms with Crippen LogP contribution in [-0.2, 0) is 0 Å². The van der Waals surface area contributed by atoms with E-state index in [0.717, 1.165) is 24.3 Å². The molecule has 1 aromatic rings. The summed E-state index contributed by atoms with van der Waals surface area (Å²) in [6.45, 7) is 11.1. The molecule has 0 radical (unpaired) electrons. The molecule has 0 aliphatic carbocycles. The first kappa shape index (κ1) is 11.8. The van der Waals surface area contributed by atoms with Gasteiger partial charge in [-0.1, -0.05) is 45.6 Å². The molecule has 1 nitrogen and oxygen atoms in total. The molecule has 0 aromatic heterocycles. The third kappa shape index (κ3) is 3.78. The van der Waals surface area contributed by atoms with Crippen molar-refractivity contribution in [3.8, 4) is 5.75 Å². The fourth-order valence-corrected chi connectivity index (χ4v) is 1.08. The summed E-state index contributed by atoms with van der Waals surface area (Å²) >= 11 is 0. The van der Waals surface area contributed by atoms with Gasteiger partial charge in [0.1, 0.15) is 5.75 Å². The lowest BCUT2D eigenvalue weighted by Gasteiger charge is -2.22. The second kappa shape index (κ2) is 5.01. The van der Waals surface area contributed by atoms with E-state index in [1.165, 1.54) is 0 Å². The summed E-state index contributed by atoms with van der Waals surface area (Å²) in [5.41, 5.74) is 1.37. The van der Waals surface area contributed by atoms with E-state index in [-0.39, 0.29) is 5.41 Å². The molecule has 1 heteroatoms. The standard InChI is InChI=1S/C14H20O/c1-5-12-7-9-13(10-8-12)15-11-14(3,4)6-2/h5,7-10H,1,6,11H2,2-4H3. The van der Waals surface area contributed by atoms with Crippen molar-refractivity contribution < 1.29 is 4.74 Å². The highest BCUT2D eigenvalue weighted by atomic mass is 16.5. The smallest absolute Gasteiger partial charge is 0.119 e.